The number of carbonyl (C=O) groups is 2. The van der Waals surface area contributed by atoms with Crippen LogP contribution >= 0.6 is 11.3 Å². The lowest BCUT2D eigenvalue weighted by Gasteiger charge is -2.28. The van der Waals surface area contributed by atoms with Crippen LogP contribution in [0.2, 0.25) is 0 Å². The van der Waals surface area contributed by atoms with Gasteiger partial charge < -0.3 is 15.2 Å². The molecule has 7 heteroatoms. The normalized spacial score (nSPS) is 24.1. The van der Waals surface area contributed by atoms with Gasteiger partial charge in [0.05, 0.1) is 0 Å². The van der Waals surface area contributed by atoms with Crippen molar-refractivity contribution in [1.29, 1.82) is 0 Å². The van der Waals surface area contributed by atoms with Gasteiger partial charge in [-0.3, -0.25) is 4.79 Å². The van der Waals surface area contributed by atoms with E-state index in [1.165, 1.54) is 11.3 Å². The van der Waals surface area contributed by atoms with E-state index >= 15 is 0 Å². The van der Waals surface area contributed by atoms with E-state index in [2.05, 4.69) is 10.3 Å². The molecular weight excluding hydrogens is 316 g/mol. The predicted molar refractivity (Wildman–Crippen MR) is 85.6 cm³/mol. The van der Waals surface area contributed by atoms with Crippen molar-refractivity contribution in [2.75, 3.05) is 6.61 Å². The third-order valence-corrected chi connectivity index (χ3v) is 5.62. The summed E-state index contributed by atoms with van der Waals surface area (Å²) in [6.07, 6.45) is 6.56. The molecule has 2 fully saturated rings. The molecule has 0 radical (unpaired) electrons. The van der Waals surface area contributed by atoms with E-state index in [0.717, 1.165) is 50.1 Å². The first kappa shape index (κ1) is 16.4. The summed E-state index contributed by atoms with van der Waals surface area (Å²) >= 11 is 1.40. The second kappa shape index (κ2) is 6.97. The van der Waals surface area contributed by atoms with Crippen molar-refractivity contribution in [3.63, 3.8) is 0 Å². The van der Waals surface area contributed by atoms with Crippen molar-refractivity contribution in [3.8, 4) is 0 Å². The van der Waals surface area contributed by atoms with Crippen LogP contribution in [0.3, 0.4) is 0 Å². The smallest absolute Gasteiger partial charge is 0.329 e. The third kappa shape index (κ3) is 3.55. The monoisotopic (exact) mass is 338 g/mol. The third-order valence-electron chi connectivity index (χ3n) is 4.68. The van der Waals surface area contributed by atoms with Gasteiger partial charge in [-0.1, -0.05) is 25.7 Å². The minimum atomic E-state index is -1.15. The van der Waals surface area contributed by atoms with E-state index in [9.17, 15) is 14.7 Å². The largest absolute Gasteiger partial charge is 0.480 e. The highest BCUT2D eigenvalue weighted by molar-refractivity contribution is 7.09. The molecule has 1 aliphatic heterocycles. The van der Waals surface area contributed by atoms with E-state index < -0.39 is 17.4 Å². The molecule has 1 unspecified atom stereocenters. The minimum absolute atomic E-state index is 0.0205. The Morgan fingerprint density at radius 2 is 2.00 bits per heavy atom. The maximum Gasteiger partial charge on any atom is 0.329 e. The highest BCUT2D eigenvalue weighted by Gasteiger charge is 2.40. The van der Waals surface area contributed by atoms with Crippen molar-refractivity contribution in [2.45, 2.75) is 63.0 Å². The van der Waals surface area contributed by atoms with Gasteiger partial charge in [0.15, 0.2) is 0 Å². The molecule has 3 rings (SSSR count). The molecule has 0 aromatic carbocycles. The van der Waals surface area contributed by atoms with Gasteiger partial charge in [0.2, 0.25) is 0 Å². The zero-order valence-electron chi connectivity index (χ0n) is 13.0. The molecule has 1 aromatic rings. The molecule has 126 valence electrons. The van der Waals surface area contributed by atoms with Crippen molar-refractivity contribution < 1.29 is 19.4 Å². The molecule has 2 heterocycles. The molecule has 1 amide bonds. The lowest BCUT2D eigenvalue weighted by atomic mass is 9.90. The van der Waals surface area contributed by atoms with Crippen LogP contribution < -0.4 is 5.32 Å². The van der Waals surface area contributed by atoms with Gasteiger partial charge in [-0.25, -0.2) is 9.78 Å². The number of hydrogen-bond donors (Lipinski definition) is 2. The number of aliphatic carboxylic acids is 1. The molecule has 1 aliphatic carbocycles. The SMILES string of the molecule is O=C(NC1(C(=O)O)CCCCCC1)c1csc(C2CCCO2)n1. The molecule has 6 nitrogen and oxygen atoms in total. The van der Waals surface area contributed by atoms with Gasteiger partial charge in [0.25, 0.3) is 5.91 Å². The lowest BCUT2D eigenvalue weighted by Crippen LogP contribution is -2.54. The first-order valence-electron chi connectivity index (χ1n) is 8.24. The minimum Gasteiger partial charge on any atom is -0.480 e. The van der Waals surface area contributed by atoms with Crippen LogP contribution in [0.4, 0.5) is 0 Å². The molecule has 23 heavy (non-hydrogen) atoms. The number of carboxylic acid groups (broad SMARTS) is 1. The Morgan fingerprint density at radius 3 is 2.61 bits per heavy atom. The molecule has 0 spiro atoms. The van der Waals surface area contributed by atoms with Gasteiger partial charge in [-0.2, -0.15) is 0 Å². The fourth-order valence-electron chi connectivity index (χ4n) is 3.32. The van der Waals surface area contributed by atoms with Gasteiger partial charge in [-0.15, -0.1) is 11.3 Å². The molecule has 2 aliphatic rings. The van der Waals surface area contributed by atoms with E-state index in [0.29, 0.717) is 18.5 Å². The van der Waals surface area contributed by atoms with Crippen LogP contribution in [0.15, 0.2) is 5.38 Å². The number of ether oxygens (including phenoxy) is 1. The average Bonchev–Trinajstić information content (AvgIpc) is 3.16. The topological polar surface area (TPSA) is 88.5 Å². The Kier molecular flexibility index (Phi) is 4.96. The first-order chi connectivity index (χ1) is 11.1. The number of nitrogens with one attached hydrogen (secondary N) is 1. The zero-order chi connectivity index (χ0) is 16.3. The highest BCUT2D eigenvalue weighted by Crippen LogP contribution is 2.31. The van der Waals surface area contributed by atoms with Crippen LogP contribution in [0.1, 0.15) is 73.0 Å². The molecule has 1 aromatic heterocycles. The molecule has 0 bridgehead atoms. The van der Waals surface area contributed by atoms with Crippen LogP contribution in [-0.2, 0) is 9.53 Å². The van der Waals surface area contributed by atoms with Gasteiger partial charge >= 0.3 is 5.97 Å². The number of aromatic nitrogens is 1. The van der Waals surface area contributed by atoms with Crippen molar-refractivity contribution in [2.24, 2.45) is 0 Å². The van der Waals surface area contributed by atoms with Crippen molar-refractivity contribution in [3.05, 3.63) is 16.1 Å². The summed E-state index contributed by atoms with van der Waals surface area (Å²) in [7, 11) is 0. The summed E-state index contributed by atoms with van der Waals surface area (Å²) in [6, 6.07) is 0. The quantitative estimate of drug-likeness (QED) is 0.824. The summed E-state index contributed by atoms with van der Waals surface area (Å²) in [4.78, 5) is 28.6. The van der Waals surface area contributed by atoms with Gasteiger partial charge in [0.1, 0.15) is 22.3 Å². The molecule has 1 atom stereocenters. The van der Waals surface area contributed by atoms with E-state index in [4.69, 9.17) is 4.74 Å². The summed E-state index contributed by atoms with van der Waals surface area (Å²) < 4.78 is 5.58. The lowest BCUT2D eigenvalue weighted by molar-refractivity contribution is -0.145. The number of carboxylic acids is 1. The van der Waals surface area contributed by atoms with Crippen LogP contribution in [0, 0.1) is 0 Å². The number of carbonyl (C=O) groups excluding carboxylic acids is 1. The van der Waals surface area contributed by atoms with E-state index in [1.54, 1.807) is 5.38 Å². The maximum atomic E-state index is 12.5. The summed E-state index contributed by atoms with van der Waals surface area (Å²) in [5, 5.41) is 14.9. The molecule has 2 N–H and O–H groups in total. The Hall–Kier alpha value is -1.47. The first-order valence-corrected chi connectivity index (χ1v) is 9.12. The predicted octanol–water partition coefficient (Wildman–Crippen LogP) is 2.90. The molecule has 1 saturated carbocycles. The second-order valence-electron chi connectivity index (χ2n) is 6.33. The number of nitrogens with zero attached hydrogens (tertiary/aromatic N) is 1. The van der Waals surface area contributed by atoms with Crippen LogP contribution in [0.25, 0.3) is 0 Å². The number of rotatable bonds is 4. The number of thiazole rings is 1. The maximum absolute atomic E-state index is 12.5. The van der Waals surface area contributed by atoms with Gasteiger partial charge in [-0.05, 0) is 25.7 Å². The fourth-order valence-corrected chi connectivity index (χ4v) is 4.20. The number of amides is 1. The Labute approximate surface area is 139 Å². The zero-order valence-corrected chi connectivity index (χ0v) is 13.9. The van der Waals surface area contributed by atoms with Crippen LogP contribution in [-0.4, -0.2) is 34.1 Å². The summed E-state index contributed by atoms with van der Waals surface area (Å²) in [5.74, 6) is -1.34. The standard InChI is InChI=1S/C16H22N2O4S/c19-13(11-10-23-14(17-11)12-6-5-9-22-12)18-16(15(20)21)7-3-1-2-4-8-16/h10,12H,1-9H2,(H,18,19)(H,20,21). The molecular formula is C16H22N2O4S. The Morgan fingerprint density at radius 1 is 1.26 bits per heavy atom. The van der Waals surface area contributed by atoms with Crippen molar-refractivity contribution >= 4 is 23.2 Å². The van der Waals surface area contributed by atoms with E-state index in [1.807, 2.05) is 0 Å². The molecule has 1 saturated heterocycles. The highest BCUT2D eigenvalue weighted by atomic mass is 32.1. The number of hydrogen-bond acceptors (Lipinski definition) is 5. The summed E-state index contributed by atoms with van der Waals surface area (Å²) in [6.45, 7) is 0.730. The average molecular weight is 338 g/mol. The Balaban J connectivity index is 1.72. The summed E-state index contributed by atoms with van der Waals surface area (Å²) in [5.41, 5.74) is -0.855. The second-order valence-corrected chi connectivity index (χ2v) is 7.22. The van der Waals surface area contributed by atoms with E-state index in [-0.39, 0.29) is 6.10 Å². The van der Waals surface area contributed by atoms with Crippen molar-refractivity contribution in [1.82, 2.24) is 10.3 Å². The van der Waals surface area contributed by atoms with Crippen LogP contribution in [0.5, 0.6) is 0 Å². The van der Waals surface area contributed by atoms with Gasteiger partial charge in [0, 0.05) is 12.0 Å². The fraction of sp³-hybridized carbons (Fsp3) is 0.688. The Bertz CT molecular complexity index is 572.